The topological polar surface area (TPSA) is 41.1 Å². The lowest BCUT2D eigenvalue weighted by molar-refractivity contribution is -0.120. The smallest absolute Gasteiger partial charge is 0.224 e. The van der Waals surface area contributed by atoms with Crippen molar-refractivity contribution in [1.82, 2.24) is 10.6 Å². The van der Waals surface area contributed by atoms with Crippen LogP contribution in [0.2, 0.25) is 10.0 Å². The quantitative estimate of drug-likeness (QED) is 0.821. The molecule has 1 aromatic rings. The molecule has 3 nitrogen and oxygen atoms in total. The van der Waals surface area contributed by atoms with Crippen molar-refractivity contribution < 1.29 is 4.79 Å². The molecule has 0 radical (unpaired) electrons. The minimum atomic E-state index is 0.0120. The average molecular weight is 313 g/mol. The summed E-state index contributed by atoms with van der Waals surface area (Å²) in [4.78, 5) is 11.8. The minimum Gasteiger partial charge on any atom is -0.355 e. The van der Waals surface area contributed by atoms with Gasteiger partial charge in [0.05, 0.1) is 16.5 Å². The van der Waals surface area contributed by atoms with Gasteiger partial charge in [-0.1, -0.05) is 40.9 Å². The van der Waals surface area contributed by atoms with E-state index in [1.807, 2.05) is 6.07 Å². The molecule has 108 valence electrons. The number of hydrogen-bond acceptors (Lipinski definition) is 2. The molecule has 1 aliphatic heterocycles. The van der Waals surface area contributed by atoms with E-state index in [0.29, 0.717) is 23.0 Å². The van der Waals surface area contributed by atoms with Gasteiger partial charge in [-0.15, -0.1) is 0 Å². The SMILES string of the molecule is O=C(Cc1ccc(Cl)c(Cl)c1)NCCC1=CCNCC1. The molecule has 1 amide bonds. The highest BCUT2D eigenvalue weighted by Crippen LogP contribution is 2.22. The first-order valence-electron chi connectivity index (χ1n) is 6.74. The van der Waals surface area contributed by atoms with Crippen molar-refractivity contribution in [3.8, 4) is 0 Å². The number of amides is 1. The second-order valence-corrected chi connectivity index (χ2v) is 5.66. The highest BCUT2D eigenvalue weighted by molar-refractivity contribution is 6.42. The summed E-state index contributed by atoms with van der Waals surface area (Å²) < 4.78 is 0. The standard InChI is InChI=1S/C15H18Cl2N2O/c16-13-2-1-12(9-14(13)17)10-15(20)19-8-5-11-3-6-18-7-4-11/h1-3,9,18H,4-8,10H2,(H,19,20). The summed E-state index contributed by atoms with van der Waals surface area (Å²) >= 11 is 11.8. The van der Waals surface area contributed by atoms with Crippen LogP contribution in [0.1, 0.15) is 18.4 Å². The molecule has 0 bridgehead atoms. The Balaban J connectivity index is 1.74. The molecule has 5 heteroatoms. The van der Waals surface area contributed by atoms with E-state index >= 15 is 0 Å². The minimum absolute atomic E-state index is 0.0120. The third-order valence-electron chi connectivity index (χ3n) is 3.27. The van der Waals surface area contributed by atoms with E-state index in [-0.39, 0.29) is 5.91 Å². The first kappa shape index (κ1) is 15.4. The molecule has 20 heavy (non-hydrogen) atoms. The first-order chi connectivity index (χ1) is 9.65. The second kappa shape index (κ2) is 7.67. The molecule has 2 rings (SSSR count). The maximum Gasteiger partial charge on any atom is 0.224 e. The Morgan fingerprint density at radius 2 is 2.15 bits per heavy atom. The van der Waals surface area contributed by atoms with Crippen LogP contribution in [-0.2, 0) is 11.2 Å². The highest BCUT2D eigenvalue weighted by atomic mass is 35.5. The van der Waals surface area contributed by atoms with Gasteiger partial charge in [-0.05, 0) is 37.1 Å². The van der Waals surface area contributed by atoms with Crippen LogP contribution in [0.4, 0.5) is 0 Å². The van der Waals surface area contributed by atoms with E-state index in [1.165, 1.54) is 5.57 Å². The number of carbonyl (C=O) groups is 1. The van der Waals surface area contributed by atoms with Crippen molar-refractivity contribution in [2.45, 2.75) is 19.3 Å². The summed E-state index contributed by atoms with van der Waals surface area (Å²) in [5, 5.41) is 7.20. The molecule has 0 aliphatic carbocycles. The van der Waals surface area contributed by atoms with Crippen molar-refractivity contribution >= 4 is 29.1 Å². The largest absolute Gasteiger partial charge is 0.355 e. The Morgan fingerprint density at radius 3 is 2.85 bits per heavy atom. The summed E-state index contributed by atoms with van der Waals surface area (Å²) in [5.41, 5.74) is 2.29. The lowest BCUT2D eigenvalue weighted by Crippen LogP contribution is -2.27. The van der Waals surface area contributed by atoms with E-state index in [2.05, 4.69) is 16.7 Å². The number of benzene rings is 1. The van der Waals surface area contributed by atoms with Crippen LogP contribution in [-0.4, -0.2) is 25.5 Å². The van der Waals surface area contributed by atoms with Crippen LogP contribution in [0.3, 0.4) is 0 Å². The van der Waals surface area contributed by atoms with Gasteiger partial charge in [-0.3, -0.25) is 4.79 Å². The van der Waals surface area contributed by atoms with Crippen molar-refractivity contribution in [3.63, 3.8) is 0 Å². The van der Waals surface area contributed by atoms with Crippen LogP contribution in [0.5, 0.6) is 0 Å². The van der Waals surface area contributed by atoms with Crippen LogP contribution >= 0.6 is 23.2 Å². The average Bonchev–Trinajstić information content (AvgIpc) is 2.44. The number of halogens is 2. The molecular formula is C15H18Cl2N2O. The predicted octanol–water partition coefficient (Wildman–Crippen LogP) is 2.96. The Labute approximate surface area is 129 Å². The van der Waals surface area contributed by atoms with Gasteiger partial charge in [0.2, 0.25) is 5.91 Å². The molecular weight excluding hydrogens is 295 g/mol. The number of rotatable bonds is 5. The zero-order valence-corrected chi connectivity index (χ0v) is 12.7. The molecule has 0 saturated heterocycles. The van der Waals surface area contributed by atoms with Crippen LogP contribution in [0.15, 0.2) is 29.8 Å². The van der Waals surface area contributed by atoms with Gasteiger partial charge in [-0.25, -0.2) is 0 Å². The zero-order chi connectivity index (χ0) is 14.4. The Hall–Kier alpha value is -1.03. The molecule has 0 saturated carbocycles. The van der Waals surface area contributed by atoms with Crippen molar-refractivity contribution in [2.75, 3.05) is 19.6 Å². The lowest BCUT2D eigenvalue weighted by atomic mass is 10.1. The summed E-state index contributed by atoms with van der Waals surface area (Å²) in [5.74, 6) is 0.0120. The lowest BCUT2D eigenvalue weighted by Gasteiger charge is -2.14. The van der Waals surface area contributed by atoms with E-state index in [9.17, 15) is 4.79 Å². The zero-order valence-electron chi connectivity index (χ0n) is 11.2. The second-order valence-electron chi connectivity index (χ2n) is 4.84. The molecule has 2 N–H and O–H groups in total. The third kappa shape index (κ3) is 4.82. The van der Waals surface area contributed by atoms with E-state index < -0.39 is 0 Å². The maximum atomic E-state index is 11.8. The predicted molar refractivity (Wildman–Crippen MR) is 83.4 cm³/mol. The molecule has 0 unspecified atom stereocenters. The van der Waals surface area contributed by atoms with Crippen molar-refractivity contribution in [3.05, 3.63) is 45.5 Å². The molecule has 0 atom stereocenters. The van der Waals surface area contributed by atoms with E-state index in [0.717, 1.165) is 31.5 Å². The molecule has 1 aliphatic rings. The highest BCUT2D eigenvalue weighted by Gasteiger charge is 2.07. The Bertz CT molecular complexity index is 515. The fourth-order valence-electron chi connectivity index (χ4n) is 2.16. The third-order valence-corrected chi connectivity index (χ3v) is 4.01. The first-order valence-corrected chi connectivity index (χ1v) is 7.50. The molecule has 1 aromatic carbocycles. The van der Waals surface area contributed by atoms with E-state index in [4.69, 9.17) is 23.2 Å². The van der Waals surface area contributed by atoms with Gasteiger partial charge in [-0.2, -0.15) is 0 Å². The van der Waals surface area contributed by atoms with Gasteiger partial charge >= 0.3 is 0 Å². The molecule has 1 heterocycles. The van der Waals surface area contributed by atoms with Crippen LogP contribution < -0.4 is 10.6 Å². The maximum absolute atomic E-state index is 11.8. The number of nitrogens with one attached hydrogen (secondary N) is 2. The number of carbonyl (C=O) groups excluding carboxylic acids is 1. The fraction of sp³-hybridized carbons (Fsp3) is 0.400. The van der Waals surface area contributed by atoms with E-state index in [1.54, 1.807) is 12.1 Å². The van der Waals surface area contributed by atoms with Gasteiger partial charge < -0.3 is 10.6 Å². The Morgan fingerprint density at radius 1 is 1.30 bits per heavy atom. The molecule has 0 aromatic heterocycles. The molecule has 0 fully saturated rings. The van der Waals surface area contributed by atoms with Gasteiger partial charge in [0, 0.05) is 13.1 Å². The molecule has 0 spiro atoms. The summed E-state index contributed by atoms with van der Waals surface area (Å²) in [7, 11) is 0. The summed E-state index contributed by atoms with van der Waals surface area (Å²) in [6.07, 6.45) is 4.53. The van der Waals surface area contributed by atoms with Crippen molar-refractivity contribution in [1.29, 1.82) is 0 Å². The van der Waals surface area contributed by atoms with Gasteiger partial charge in [0.25, 0.3) is 0 Å². The van der Waals surface area contributed by atoms with Crippen molar-refractivity contribution in [2.24, 2.45) is 0 Å². The van der Waals surface area contributed by atoms with Crippen LogP contribution in [0, 0.1) is 0 Å². The normalized spacial score (nSPS) is 14.8. The van der Waals surface area contributed by atoms with Gasteiger partial charge in [0.15, 0.2) is 0 Å². The number of hydrogen-bond donors (Lipinski definition) is 2. The Kier molecular flexibility index (Phi) is 5.89. The van der Waals surface area contributed by atoms with Crippen LogP contribution in [0.25, 0.3) is 0 Å². The summed E-state index contributed by atoms with van der Waals surface area (Å²) in [6, 6.07) is 5.27. The monoisotopic (exact) mass is 312 g/mol. The summed E-state index contributed by atoms with van der Waals surface area (Å²) in [6.45, 7) is 2.65. The van der Waals surface area contributed by atoms with Gasteiger partial charge in [0.1, 0.15) is 0 Å². The fourth-order valence-corrected chi connectivity index (χ4v) is 2.48.